The van der Waals surface area contributed by atoms with Crippen molar-refractivity contribution in [3.63, 3.8) is 0 Å². The summed E-state index contributed by atoms with van der Waals surface area (Å²) in [4.78, 5) is 12.3. The number of methoxy groups -OCH3 is 1. The Bertz CT molecular complexity index is 1230. The molecule has 0 aliphatic rings. The molecule has 0 aliphatic heterocycles. The molecule has 2 N–H and O–H groups in total. The summed E-state index contributed by atoms with van der Waals surface area (Å²) >= 11 is 5.33. The Morgan fingerprint density at radius 3 is 2.57 bits per heavy atom. The Kier molecular flexibility index (Phi) is 5.76. The van der Waals surface area contributed by atoms with Crippen molar-refractivity contribution in [1.82, 2.24) is 20.1 Å². The molecule has 7 nitrogen and oxygen atoms in total. The topological polar surface area (TPSA) is 81.2 Å². The van der Waals surface area contributed by atoms with Crippen molar-refractivity contribution in [3.8, 4) is 17.2 Å². The van der Waals surface area contributed by atoms with E-state index in [4.69, 9.17) is 21.7 Å². The molecule has 152 valence electrons. The number of carbonyl (C=O) groups is 1. The fraction of sp³-hybridized carbons (Fsp3) is 0.136. The summed E-state index contributed by atoms with van der Waals surface area (Å²) in [5, 5.41) is 12.0. The molecule has 0 aliphatic carbocycles. The number of hydrogen-bond acceptors (Lipinski definition) is 5. The molecule has 4 rings (SSSR count). The van der Waals surface area contributed by atoms with Crippen molar-refractivity contribution >= 4 is 28.9 Å². The van der Waals surface area contributed by atoms with E-state index in [1.807, 2.05) is 66.7 Å². The van der Waals surface area contributed by atoms with Crippen molar-refractivity contribution in [1.29, 1.82) is 0 Å². The molecule has 0 saturated heterocycles. The van der Waals surface area contributed by atoms with Gasteiger partial charge in [-0.2, -0.15) is 5.10 Å². The summed E-state index contributed by atoms with van der Waals surface area (Å²) in [5.41, 5.74) is 0.825. The number of carbonyl (C=O) groups excluding carboxylic acids is 1. The van der Waals surface area contributed by atoms with Crippen LogP contribution in [0.1, 0.15) is 5.82 Å². The van der Waals surface area contributed by atoms with Gasteiger partial charge < -0.3 is 14.8 Å². The van der Waals surface area contributed by atoms with E-state index in [2.05, 4.69) is 15.5 Å². The summed E-state index contributed by atoms with van der Waals surface area (Å²) in [5.74, 6) is 1.72. The predicted molar refractivity (Wildman–Crippen MR) is 117 cm³/mol. The molecule has 0 unspecified atom stereocenters. The van der Waals surface area contributed by atoms with Crippen molar-refractivity contribution in [3.05, 3.63) is 77.3 Å². The molecular formula is C22H20N4O3S. The van der Waals surface area contributed by atoms with Gasteiger partial charge in [0.05, 0.1) is 13.7 Å². The van der Waals surface area contributed by atoms with E-state index >= 15 is 0 Å². The quantitative estimate of drug-likeness (QED) is 0.445. The van der Waals surface area contributed by atoms with Crippen LogP contribution < -0.4 is 14.8 Å². The number of amides is 1. The SMILES string of the molecule is COc1ccc(-n2c(CNC(=O)COc3ccc4ccccc4c3)n[nH]c2=S)cc1. The van der Waals surface area contributed by atoms with Gasteiger partial charge in [-0.3, -0.25) is 14.5 Å². The molecule has 30 heavy (non-hydrogen) atoms. The number of rotatable bonds is 7. The normalized spacial score (nSPS) is 10.7. The summed E-state index contributed by atoms with van der Waals surface area (Å²) in [6, 6.07) is 21.1. The molecule has 0 saturated carbocycles. The number of benzene rings is 3. The van der Waals surface area contributed by atoms with Gasteiger partial charge in [0.15, 0.2) is 17.2 Å². The van der Waals surface area contributed by atoms with Gasteiger partial charge in [0.2, 0.25) is 0 Å². The van der Waals surface area contributed by atoms with E-state index in [-0.39, 0.29) is 19.1 Å². The van der Waals surface area contributed by atoms with Crippen molar-refractivity contribution < 1.29 is 14.3 Å². The summed E-state index contributed by atoms with van der Waals surface area (Å²) in [6.07, 6.45) is 0. The van der Waals surface area contributed by atoms with Crippen LogP contribution in [-0.4, -0.2) is 34.4 Å². The maximum Gasteiger partial charge on any atom is 0.258 e. The van der Waals surface area contributed by atoms with Gasteiger partial charge in [0, 0.05) is 5.69 Å². The zero-order chi connectivity index (χ0) is 20.9. The van der Waals surface area contributed by atoms with Gasteiger partial charge in [0.25, 0.3) is 5.91 Å². The smallest absolute Gasteiger partial charge is 0.258 e. The summed E-state index contributed by atoms with van der Waals surface area (Å²) in [6.45, 7) is 0.116. The lowest BCUT2D eigenvalue weighted by atomic mass is 10.1. The number of aromatic amines is 1. The Hall–Kier alpha value is -3.65. The Balaban J connectivity index is 1.38. The first-order chi connectivity index (χ1) is 14.6. The van der Waals surface area contributed by atoms with Crippen LogP contribution in [0.4, 0.5) is 0 Å². The molecule has 1 aromatic heterocycles. The minimum atomic E-state index is -0.252. The van der Waals surface area contributed by atoms with E-state index in [0.717, 1.165) is 22.2 Å². The van der Waals surface area contributed by atoms with Crippen LogP contribution in [-0.2, 0) is 11.3 Å². The highest BCUT2D eigenvalue weighted by atomic mass is 32.1. The lowest BCUT2D eigenvalue weighted by Crippen LogP contribution is -2.29. The largest absolute Gasteiger partial charge is 0.497 e. The third-order valence-electron chi connectivity index (χ3n) is 4.61. The lowest BCUT2D eigenvalue weighted by Gasteiger charge is -2.10. The molecule has 4 aromatic rings. The number of ether oxygens (including phenoxy) is 2. The van der Waals surface area contributed by atoms with Gasteiger partial charge in [-0.15, -0.1) is 0 Å². The third kappa shape index (κ3) is 4.33. The summed E-state index contributed by atoms with van der Waals surface area (Å²) in [7, 11) is 1.61. The Morgan fingerprint density at radius 1 is 1.07 bits per heavy atom. The number of aromatic nitrogens is 3. The fourth-order valence-electron chi connectivity index (χ4n) is 3.08. The highest BCUT2D eigenvalue weighted by Gasteiger charge is 2.11. The molecule has 1 heterocycles. The van der Waals surface area contributed by atoms with Gasteiger partial charge in [0.1, 0.15) is 11.5 Å². The van der Waals surface area contributed by atoms with Crippen molar-refractivity contribution in [2.24, 2.45) is 0 Å². The van der Waals surface area contributed by atoms with Crippen LogP contribution in [0.5, 0.6) is 11.5 Å². The van der Waals surface area contributed by atoms with E-state index in [0.29, 0.717) is 16.3 Å². The van der Waals surface area contributed by atoms with E-state index in [1.54, 1.807) is 11.7 Å². The molecule has 0 bridgehead atoms. The van der Waals surface area contributed by atoms with Crippen LogP contribution in [0.25, 0.3) is 16.5 Å². The zero-order valence-electron chi connectivity index (χ0n) is 16.3. The third-order valence-corrected chi connectivity index (χ3v) is 4.88. The van der Waals surface area contributed by atoms with Gasteiger partial charge in [-0.25, -0.2) is 0 Å². The molecule has 0 atom stereocenters. The average molecular weight is 420 g/mol. The van der Waals surface area contributed by atoms with Gasteiger partial charge in [-0.1, -0.05) is 30.3 Å². The fourth-order valence-corrected chi connectivity index (χ4v) is 3.34. The van der Waals surface area contributed by atoms with E-state index in [9.17, 15) is 4.79 Å². The molecule has 1 amide bonds. The van der Waals surface area contributed by atoms with Crippen molar-refractivity contribution in [2.75, 3.05) is 13.7 Å². The second kappa shape index (κ2) is 8.79. The number of nitrogens with zero attached hydrogens (tertiary/aromatic N) is 2. The molecule has 8 heteroatoms. The number of H-pyrrole nitrogens is 1. The van der Waals surface area contributed by atoms with Crippen LogP contribution in [0.3, 0.4) is 0 Å². The first-order valence-corrected chi connectivity index (χ1v) is 9.74. The van der Waals surface area contributed by atoms with Crippen LogP contribution >= 0.6 is 12.2 Å². The van der Waals surface area contributed by atoms with Gasteiger partial charge in [-0.05, 0) is 59.4 Å². The standard InChI is InChI=1S/C22H20N4O3S/c1-28-18-10-7-17(8-11-18)26-20(24-25-22(26)30)13-23-21(27)14-29-19-9-6-15-4-2-3-5-16(15)12-19/h2-12H,13-14H2,1H3,(H,23,27)(H,25,30). The minimum absolute atomic E-state index is 0.0912. The summed E-state index contributed by atoms with van der Waals surface area (Å²) < 4.78 is 13.0. The minimum Gasteiger partial charge on any atom is -0.497 e. The molecule has 3 aromatic carbocycles. The predicted octanol–water partition coefficient (Wildman–Crippen LogP) is 3.79. The molecule has 0 fully saturated rings. The number of nitrogens with one attached hydrogen (secondary N) is 2. The van der Waals surface area contributed by atoms with Crippen LogP contribution in [0.15, 0.2) is 66.7 Å². The lowest BCUT2D eigenvalue weighted by molar-refractivity contribution is -0.123. The first kappa shape index (κ1) is 19.7. The molecule has 0 radical (unpaired) electrons. The number of fused-ring (bicyclic) bond motifs is 1. The van der Waals surface area contributed by atoms with E-state index < -0.39 is 0 Å². The Labute approximate surface area is 178 Å². The monoisotopic (exact) mass is 420 g/mol. The maximum absolute atomic E-state index is 12.3. The highest BCUT2D eigenvalue weighted by Crippen LogP contribution is 2.20. The van der Waals surface area contributed by atoms with Crippen molar-refractivity contribution in [2.45, 2.75) is 6.54 Å². The van der Waals surface area contributed by atoms with Gasteiger partial charge >= 0.3 is 0 Å². The maximum atomic E-state index is 12.3. The molecular weight excluding hydrogens is 400 g/mol. The molecule has 0 spiro atoms. The first-order valence-electron chi connectivity index (χ1n) is 9.33. The van der Waals surface area contributed by atoms with E-state index in [1.165, 1.54) is 0 Å². The number of hydrogen-bond donors (Lipinski definition) is 2. The Morgan fingerprint density at radius 2 is 1.80 bits per heavy atom. The zero-order valence-corrected chi connectivity index (χ0v) is 17.1. The second-order valence-electron chi connectivity index (χ2n) is 6.55. The average Bonchev–Trinajstić information content (AvgIpc) is 3.16. The van der Waals surface area contributed by atoms with Crippen LogP contribution in [0, 0.1) is 4.77 Å². The highest BCUT2D eigenvalue weighted by molar-refractivity contribution is 7.71. The second-order valence-corrected chi connectivity index (χ2v) is 6.94. The van der Waals surface area contributed by atoms with Crippen LogP contribution in [0.2, 0.25) is 0 Å².